The predicted molar refractivity (Wildman–Crippen MR) is 66.3 cm³/mol. The molecule has 94 valence electrons. The highest BCUT2D eigenvalue weighted by atomic mass is 19.1. The van der Waals surface area contributed by atoms with Crippen molar-refractivity contribution < 1.29 is 9.50 Å². The second-order valence-corrected chi connectivity index (χ2v) is 5.15. The molecule has 0 radical (unpaired) electrons. The summed E-state index contributed by atoms with van der Waals surface area (Å²) in [6.45, 7) is 5.32. The van der Waals surface area contributed by atoms with Gasteiger partial charge < -0.3 is 10.4 Å². The van der Waals surface area contributed by atoms with Gasteiger partial charge in [0.1, 0.15) is 5.82 Å². The molecule has 1 aromatic rings. The number of aliphatic hydroxyl groups is 1. The minimum atomic E-state index is -0.956. The van der Waals surface area contributed by atoms with Gasteiger partial charge in [-0.3, -0.25) is 0 Å². The summed E-state index contributed by atoms with van der Waals surface area (Å²) in [5.74, 6) is -0.0927. The fraction of sp³-hybridized carbons (Fsp3) is 0.571. The van der Waals surface area contributed by atoms with Crippen LogP contribution in [0.2, 0.25) is 0 Å². The van der Waals surface area contributed by atoms with Crippen molar-refractivity contribution in [1.29, 1.82) is 0 Å². The summed E-state index contributed by atoms with van der Waals surface area (Å²) in [5, 5.41) is 13.9. The van der Waals surface area contributed by atoms with E-state index < -0.39 is 5.60 Å². The molecular formula is C14H20FNO. The number of hydrogen-bond donors (Lipinski definition) is 2. The molecule has 17 heavy (non-hydrogen) atoms. The fourth-order valence-corrected chi connectivity index (χ4v) is 2.47. The Morgan fingerprint density at radius 3 is 2.82 bits per heavy atom. The van der Waals surface area contributed by atoms with Crippen molar-refractivity contribution in [1.82, 2.24) is 5.32 Å². The van der Waals surface area contributed by atoms with E-state index in [2.05, 4.69) is 5.32 Å². The van der Waals surface area contributed by atoms with Gasteiger partial charge in [-0.1, -0.05) is 12.1 Å². The lowest BCUT2D eigenvalue weighted by Gasteiger charge is -2.36. The lowest BCUT2D eigenvalue weighted by molar-refractivity contribution is -0.0159. The molecule has 1 heterocycles. The molecular weight excluding hydrogens is 217 g/mol. The maximum absolute atomic E-state index is 13.5. The molecule has 0 aromatic heterocycles. The minimum absolute atomic E-state index is 0.151. The molecule has 1 aliphatic heterocycles. The van der Waals surface area contributed by atoms with E-state index in [0.29, 0.717) is 11.1 Å². The summed E-state index contributed by atoms with van der Waals surface area (Å²) in [4.78, 5) is 0. The number of benzene rings is 1. The summed E-state index contributed by atoms with van der Waals surface area (Å²) >= 11 is 0. The zero-order chi connectivity index (χ0) is 12.5. The fourth-order valence-electron chi connectivity index (χ4n) is 2.47. The smallest absolute Gasteiger partial charge is 0.126 e. The third kappa shape index (κ3) is 2.50. The SMILES string of the molecule is Cc1ccc(C(C)(O)C2CCCNC2)cc1F. The first-order chi connectivity index (χ1) is 8.01. The molecule has 2 atom stereocenters. The summed E-state index contributed by atoms with van der Waals surface area (Å²) in [7, 11) is 0. The third-order valence-electron chi connectivity index (χ3n) is 3.85. The lowest BCUT2D eigenvalue weighted by Crippen LogP contribution is -2.42. The Hall–Kier alpha value is -0.930. The van der Waals surface area contributed by atoms with Crippen LogP contribution in [0.25, 0.3) is 0 Å². The average Bonchev–Trinajstić information content (AvgIpc) is 2.33. The highest BCUT2D eigenvalue weighted by Crippen LogP contribution is 2.33. The Bertz CT molecular complexity index is 397. The largest absolute Gasteiger partial charge is 0.385 e. The molecule has 1 aliphatic rings. The van der Waals surface area contributed by atoms with Crippen LogP contribution >= 0.6 is 0 Å². The minimum Gasteiger partial charge on any atom is -0.385 e. The monoisotopic (exact) mass is 237 g/mol. The number of rotatable bonds is 2. The number of nitrogens with one attached hydrogen (secondary N) is 1. The maximum atomic E-state index is 13.5. The Balaban J connectivity index is 2.26. The Morgan fingerprint density at radius 2 is 2.24 bits per heavy atom. The van der Waals surface area contributed by atoms with Gasteiger partial charge in [0, 0.05) is 12.5 Å². The van der Waals surface area contributed by atoms with Crippen LogP contribution in [0.15, 0.2) is 18.2 Å². The highest BCUT2D eigenvalue weighted by molar-refractivity contribution is 5.28. The van der Waals surface area contributed by atoms with Crippen molar-refractivity contribution in [3.05, 3.63) is 35.1 Å². The molecule has 3 heteroatoms. The van der Waals surface area contributed by atoms with Gasteiger partial charge >= 0.3 is 0 Å². The second-order valence-electron chi connectivity index (χ2n) is 5.15. The van der Waals surface area contributed by atoms with Crippen molar-refractivity contribution in [2.24, 2.45) is 5.92 Å². The first kappa shape index (κ1) is 12.5. The molecule has 0 bridgehead atoms. The topological polar surface area (TPSA) is 32.3 Å². The predicted octanol–water partition coefficient (Wildman–Crippen LogP) is 2.34. The number of aryl methyl sites for hydroxylation is 1. The van der Waals surface area contributed by atoms with Crippen molar-refractivity contribution >= 4 is 0 Å². The Kier molecular flexibility index (Phi) is 3.50. The molecule has 2 rings (SSSR count). The third-order valence-corrected chi connectivity index (χ3v) is 3.85. The summed E-state index contributed by atoms with van der Waals surface area (Å²) in [6.07, 6.45) is 2.05. The number of piperidine rings is 1. The molecule has 2 nitrogen and oxygen atoms in total. The van der Waals surface area contributed by atoms with E-state index in [1.165, 1.54) is 6.07 Å². The van der Waals surface area contributed by atoms with Crippen LogP contribution in [0.1, 0.15) is 30.9 Å². The summed E-state index contributed by atoms with van der Waals surface area (Å²) in [5.41, 5.74) is 0.336. The van der Waals surface area contributed by atoms with E-state index >= 15 is 0 Å². The van der Waals surface area contributed by atoms with Gasteiger partial charge in [0.2, 0.25) is 0 Å². The molecule has 0 amide bonds. The van der Waals surface area contributed by atoms with E-state index in [0.717, 1.165) is 25.9 Å². The zero-order valence-corrected chi connectivity index (χ0v) is 10.5. The summed E-state index contributed by atoms with van der Waals surface area (Å²) in [6, 6.07) is 5.02. The van der Waals surface area contributed by atoms with Gasteiger partial charge in [-0.05, 0) is 50.4 Å². The average molecular weight is 237 g/mol. The Morgan fingerprint density at radius 1 is 1.47 bits per heavy atom. The molecule has 2 N–H and O–H groups in total. The molecule has 1 fully saturated rings. The molecule has 0 aliphatic carbocycles. The maximum Gasteiger partial charge on any atom is 0.126 e. The summed E-state index contributed by atoms with van der Waals surface area (Å²) < 4.78 is 13.5. The van der Waals surface area contributed by atoms with Crippen LogP contribution < -0.4 is 5.32 Å². The number of halogens is 1. The van der Waals surface area contributed by atoms with Crippen molar-refractivity contribution in [3.8, 4) is 0 Å². The lowest BCUT2D eigenvalue weighted by atomic mass is 9.78. The quantitative estimate of drug-likeness (QED) is 0.827. The van der Waals surface area contributed by atoms with E-state index in [1.807, 2.05) is 6.07 Å². The van der Waals surface area contributed by atoms with Crippen molar-refractivity contribution in [3.63, 3.8) is 0 Å². The van der Waals surface area contributed by atoms with Crippen LogP contribution in [-0.2, 0) is 5.60 Å². The molecule has 1 saturated heterocycles. The van der Waals surface area contributed by atoms with E-state index in [1.54, 1.807) is 19.9 Å². The zero-order valence-electron chi connectivity index (χ0n) is 10.5. The standard InChI is InChI=1S/C14H20FNO/c1-10-5-6-11(8-13(10)15)14(2,17)12-4-3-7-16-9-12/h5-6,8,12,16-17H,3-4,7,9H2,1-2H3. The molecule has 0 saturated carbocycles. The van der Waals surface area contributed by atoms with Crippen LogP contribution in [0, 0.1) is 18.7 Å². The second kappa shape index (κ2) is 4.75. The normalized spacial score (nSPS) is 24.4. The van der Waals surface area contributed by atoms with E-state index in [-0.39, 0.29) is 11.7 Å². The van der Waals surface area contributed by atoms with Gasteiger partial charge in [-0.25, -0.2) is 4.39 Å². The van der Waals surface area contributed by atoms with E-state index in [9.17, 15) is 9.50 Å². The van der Waals surface area contributed by atoms with Gasteiger partial charge in [-0.15, -0.1) is 0 Å². The van der Waals surface area contributed by atoms with Crippen LogP contribution in [0.4, 0.5) is 4.39 Å². The van der Waals surface area contributed by atoms with E-state index in [4.69, 9.17) is 0 Å². The van der Waals surface area contributed by atoms with Gasteiger partial charge in [0.25, 0.3) is 0 Å². The first-order valence-corrected chi connectivity index (χ1v) is 6.21. The molecule has 2 unspecified atom stereocenters. The molecule has 0 spiro atoms. The van der Waals surface area contributed by atoms with Crippen molar-refractivity contribution in [2.75, 3.05) is 13.1 Å². The van der Waals surface area contributed by atoms with Crippen LogP contribution in [-0.4, -0.2) is 18.2 Å². The van der Waals surface area contributed by atoms with Crippen LogP contribution in [0.5, 0.6) is 0 Å². The first-order valence-electron chi connectivity index (χ1n) is 6.21. The van der Waals surface area contributed by atoms with Crippen molar-refractivity contribution in [2.45, 2.75) is 32.3 Å². The van der Waals surface area contributed by atoms with Crippen LogP contribution in [0.3, 0.4) is 0 Å². The van der Waals surface area contributed by atoms with Gasteiger partial charge in [0.05, 0.1) is 5.60 Å². The highest BCUT2D eigenvalue weighted by Gasteiger charge is 2.34. The Labute approximate surface area is 102 Å². The van der Waals surface area contributed by atoms with Gasteiger partial charge in [-0.2, -0.15) is 0 Å². The molecule has 1 aromatic carbocycles. The number of hydrogen-bond acceptors (Lipinski definition) is 2. The van der Waals surface area contributed by atoms with Gasteiger partial charge in [0.15, 0.2) is 0 Å².